The lowest BCUT2D eigenvalue weighted by atomic mass is 9.75. The molecule has 1 aromatic carbocycles. The first-order valence-corrected chi connectivity index (χ1v) is 13.0. The SMILES string of the molecule is CC1(C)OB([C@H](CCCc2ccccc2)NC(=O)C(CC(=O)N2CCCCC2)NC(=O)O)OC1(C)C. The van der Waals surface area contributed by atoms with Crippen LogP contribution in [0, 0.1) is 0 Å². The summed E-state index contributed by atoms with van der Waals surface area (Å²) in [5.41, 5.74) is 0.0283. The van der Waals surface area contributed by atoms with E-state index >= 15 is 0 Å². The largest absolute Gasteiger partial charge is 0.481 e. The highest BCUT2D eigenvalue weighted by Gasteiger charge is 2.54. The van der Waals surface area contributed by atoms with Crippen molar-refractivity contribution >= 4 is 25.0 Å². The molecule has 0 saturated carbocycles. The smallest absolute Gasteiger partial charge is 0.465 e. The predicted octanol–water partition coefficient (Wildman–Crippen LogP) is 3.16. The lowest BCUT2D eigenvalue weighted by Gasteiger charge is -2.32. The van der Waals surface area contributed by atoms with E-state index in [0.717, 1.165) is 32.1 Å². The van der Waals surface area contributed by atoms with Crippen molar-refractivity contribution in [1.29, 1.82) is 0 Å². The molecule has 0 spiro atoms. The fraction of sp³-hybridized carbons (Fsp3) is 0.654. The normalized spacial score (nSPS) is 20.4. The molecule has 2 heterocycles. The molecule has 0 bridgehead atoms. The van der Waals surface area contributed by atoms with Gasteiger partial charge in [0.15, 0.2) is 0 Å². The third kappa shape index (κ3) is 7.46. The summed E-state index contributed by atoms with van der Waals surface area (Å²) < 4.78 is 12.4. The fourth-order valence-electron chi connectivity index (χ4n) is 4.59. The van der Waals surface area contributed by atoms with Crippen LogP contribution in [-0.2, 0) is 25.3 Å². The third-order valence-electron chi connectivity index (χ3n) is 7.45. The number of aryl methyl sites for hydroxylation is 1. The Bertz CT molecular complexity index is 888. The minimum absolute atomic E-state index is 0.222. The van der Waals surface area contributed by atoms with E-state index in [1.165, 1.54) is 5.56 Å². The lowest BCUT2D eigenvalue weighted by Crippen LogP contribution is -2.55. The van der Waals surface area contributed by atoms with Crippen LogP contribution in [0.5, 0.6) is 0 Å². The summed E-state index contributed by atoms with van der Waals surface area (Å²) in [4.78, 5) is 39.3. The first-order valence-electron chi connectivity index (χ1n) is 13.0. The van der Waals surface area contributed by atoms with Crippen molar-refractivity contribution < 1.29 is 28.8 Å². The molecule has 198 valence electrons. The maximum Gasteiger partial charge on any atom is 0.481 e. The Morgan fingerprint density at radius 3 is 2.19 bits per heavy atom. The van der Waals surface area contributed by atoms with Gasteiger partial charge in [0.1, 0.15) is 6.04 Å². The first-order chi connectivity index (χ1) is 17.0. The summed E-state index contributed by atoms with van der Waals surface area (Å²) >= 11 is 0. The maximum absolute atomic E-state index is 13.3. The van der Waals surface area contributed by atoms with Crippen molar-refractivity contribution in [2.45, 2.75) is 95.8 Å². The van der Waals surface area contributed by atoms with Crippen molar-refractivity contribution in [2.75, 3.05) is 13.1 Å². The molecule has 3 N–H and O–H groups in total. The van der Waals surface area contributed by atoms with E-state index in [4.69, 9.17) is 9.31 Å². The van der Waals surface area contributed by atoms with Gasteiger partial charge >= 0.3 is 13.2 Å². The molecule has 0 radical (unpaired) electrons. The van der Waals surface area contributed by atoms with Crippen molar-refractivity contribution in [3.8, 4) is 0 Å². The van der Waals surface area contributed by atoms with E-state index in [2.05, 4.69) is 22.8 Å². The summed E-state index contributed by atoms with van der Waals surface area (Å²) in [6, 6.07) is 8.87. The van der Waals surface area contributed by atoms with Crippen molar-refractivity contribution in [1.82, 2.24) is 15.5 Å². The van der Waals surface area contributed by atoms with Gasteiger partial charge in [0.2, 0.25) is 11.8 Å². The molecular formula is C26H40BN3O6. The van der Waals surface area contributed by atoms with Gasteiger partial charge in [-0.1, -0.05) is 30.3 Å². The predicted molar refractivity (Wildman–Crippen MR) is 137 cm³/mol. The number of benzene rings is 1. The molecule has 2 atom stereocenters. The first kappa shape index (κ1) is 28.0. The van der Waals surface area contributed by atoms with Crippen LogP contribution in [0.3, 0.4) is 0 Å². The number of piperidine rings is 1. The second-order valence-corrected chi connectivity index (χ2v) is 10.8. The Morgan fingerprint density at radius 2 is 1.61 bits per heavy atom. The Morgan fingerprint density at radius 1 is 1.00 bits per heavy atom. The molecule has 10 heteroatoms. The quantitative estimate of drug-likeness (QED) is 0.424. The minimum atomic E-state index is -1.35. The Kier molecular flexibility index (Phi) is 9.41. The van der Waals surface area contributed by atoms with Gasteiger partial charge in [-0.15, -0.1) is 0 Å². The molecule has 1 unspecified atom stereocenters. The van der Waals surface area contributed by atoms with E-state index in [9.17, 15) is 19.5 Å². The molecule has 1 aromatic rings. The highest BCUT2D eigenvalue weighted by Crippen LogP contribution is 2.38. The van der Waals surface area contributed by atoms with Gasteiger partial charge in [-0.05, 0) is 71.8 Å². The van der Waals surface area contributed by atoms with E-state index < -0.39 is 42.3 Å². The van der Waals surface area contributed by atoms with E-state index in [1.807, 2.05) is 45.9 Å². The van der Waals surface area contributed by atoms with Gasteiger partial charge in [0, 0.05) is 13.1 Å². The average molecular weight is 501 g/mol. The summed E-state index contributed by atoms with van der Waals surface area (Å²) in [7, 11) is -0.696. The van der Waals surface area contributed by atoms with Crippen LogP contribution in [0.4, 0.5) is 4.79 Å². The summed E-state index contributed by atoms with van der Waals surface area (Å²) in [5, 5.41) is 14.5. The number of carboxylic acid groups (broad SMARTS) is 1. The van der Waals surface area contributed by atoms with Crippen LogP contribution >= 0.6 is 0 Å². The molecule has 3 rings (SSSR count). The number of likely N-dealkylation sites (tertiary alicyclic amines) is 1. The van der Waals surface area contributed by atoms with Gasteiger partial charge in [-0.3, -0.25) is 9.59 Å². The zero-order valence-electron chi connectivity index (χ0n) is 21.9. The molecular weight excluding hydrogens is 461 g/mol. The summed E-state index contributed by atoms with van der Waals surface area (Å²) in [6.07, 6.45) is 3.48. The van der Waals surface area contributed by atoms with Gasteiger partial charge in [0.25, 0.3) is 0 Å². The zero-order chi connectivity index (χ0) is 26.3. The molecule has 2 fully saturated rings. The van der Waals surface area contributed by atoms with Crippen LogP contribution in [-0.4, -0.2) is 71.3 Å². The molecule has 0 aromatic heterocycles. The second-order valence-electron chi connectivity index (χ2n) is 10.8. The van der Waals surface area contributed by atoms with Gasteiger partial charge in [-0.25, -0.2) is 4.79 Å². The number of hydrogen-bond acceptors (Lipinski definition) is 5. The number of carbonyl (C=O) groups excluding carboxylic acids is 2. The summed E-state index contributed by atoms with van der Waals surface area (Å²) in [5.74, 6) is -1.28. The topological polar surface area (TPSA) is 117 Å². The fourth-order valence-corrected chi connectivity index (χ4v) is 4.59. The zero-order valence-corrected chi connectivity index (χ0v) is 21.9. The molecule has 2 aliphatic rings. The van der Waals surface area contributed by atoms with Gasteiger partial charge in [-0.2, -0.15) is 0 Å². The van der Waals surface area contributed by atoms with Gasteiger partial charge in [0.05, 0.1) is 23.6 Å². The van der Waals surface area contributed by atoms with E-state index in [1.54, 1.807) is 4.90 Å². The van der Waals surface area contributed by atoms with Crippen molar-refractivity contribution in [3.05, 3.63) is 35.9 Å². The van der Waals surface area contributed by atoms with Gasteiger partial charge < -0.3 is 29.9 Å². The highest BCUT2D eigenvalue weighted by molar-refractivity contribution is 6.48. The monoisotopic (exact) mass is 501 g/mol. The molecule has 2 aliphatic heterocycles. The third-order valence-corrected chi connectivity index (χ3v) is 7.45. The van der Waals surface area contributed by atoms with E-state index in [0.29, 0.717) is 19.5 Å². The van der Waals surface area contributed by atoms with Crippen LogP contribution in [0.1, 0.15) is 71.8 Å². The molecule has 9 nitrogen and oxygen atoms in total. The Labute approximate surface area is 214 Å². The Balaban J connectivity index is 1.70. The molecule has 0 aliphatic carbocycles. The van der Waals surface area contributed by atoms with Crippen molar-refractivity contribution in [3.63, 3.8) is 0 Å². The molecule has 2 saturated heterocycles. The lowest BCUT2D eigenvalue weighted by molar-refractivity contribution is -0.135. The number of carbonyl (C=O) groups is 3. The number of rotatable bonds is 10. The highest BCUT2D eigenvalue weighted by atomic mass is 16.7. The summed E-state index contributed by atoms with van der Waals surface area (Å²) in [6.45, 7) is 9.06. The minimum Gasteiger partial charge on any atom is -0.465 e. The number of amides is 3. The number of nitrogens with one attached hydrogen (secondary N) is 2. The average Bonchev–Trinajstić information content (AvgIpc) is 3.05. The molecule has 36 heavy (non-hydrogen) atoms. The van der Waals surface area contributed by atoms with Crippen molar-refractivity contribution in [2.24, 2.45) is 0 Å². The van der Waals surface area contributed by atoms with E-state index in [-0.39, 0.29) is 12.3 Å². The number of hydrogen-bond donors (Lipinski definition) is 3. The number of nitrogens with zero attached hydrogens (tertiary/aromatic N) is 1. The second kappa shape index (κ2) is 12.1. The van der Waals surface area contributed by atoms with Crippen LogP contribution < -0.4 is 10.6 Å². The standard InChI is InChI=1S/C26H40BN3O6/c1-25(2)26(3,4)36-27(35-25)21(15-11-14-19-12-7-5-8-13-19)29-23(32)20(28-24(33)34)18-22(31)30-16-9-6-10-17-30/h5,7-8,12-13,20-21,28H,6,9-11,14-18H2,1-4H3,(H,29,32)(H,33,34)/t20?,21-/m0/s1. The van der Waals surface area contributed by atoms with Crippen LogP contribution in [0.15, 0.2) is 30.3 Å². The molecule has 3 amide bonds. The maximum atomic E-state index is 13.3. The Hall–Kier alpha value is -2.59. The van der Waals surface area contributed by atoms with Crippen LogP contribution in [0.25, 0.3) is 0 Å². The van der Waals surface area contributed by atoms with Crippen LogP contribution in [0.2, 0.25) is 0 Å².